The molecule has 0 spiro atoms. The molecule has 8 heteroatoms. The summed E-state index contributed by atoms with van der Waals surface area (Å²) < 4.78 is 3.43. The van der Waals surface area contributed by atoms with Gasteiger partial charge in [-0.2, -0.15) is 5.10 Å². The first-order valence-electron chi connectivity index (χ1n) is 8.27. The molecule has 7 nitrogen and oxygen atoms in total. The summed E-state index contributed by atoms with van der Waals surface area (Å²) in [7, 11) is 3.62. The minimum absolute atomic E-state index is 0.0261. The molecule has 0 atom stereocenters. The molecule has 0 aromatic carbocycles. The Balaban J connectivity index is 1.70. The van der Waals surface area contributed by atoms with Crippen LogP contribution in [0.2, 0.25) is 5.02 Å². The monoisotopic (exact) mass is 363 g/mol. The van der Waals surface area contributed by atoms with Crippen molar-refractivity contribution in [2.75, 3.05) is 26.2 Å². The first-order chi connectivity index (χ1) is 11.9. The topological polar surface area (TPSA) is 63.4 Å². The van der Waals surface area contributed by atoms with Crippen molar-refractivity contribution >= 4 is 23.4 Å². The molecular formula is C17H22ClN5O2. The molecule has 0 bridgehead atoms. The van der Waals surface area contributed by atoms with Crippen LogP contribution in [0.15, 0.2) is 18.5 Å². The molecule has 3 rings (SSSR count). The fourth-order valence-electron chi connectivity index (χ4n) is 3.10. The molecule has 25 heavy (non-hydrogen) atoms. The lowest BCUT2D eigenvalue weighted by Gasteiger charge is -2.22. The Kier molecular flexibility index (Phi) is 4.85. The predicted molar refractivity (Wildman–Crippen MR) is 94.8 cm³/mol. The van der Waals surface area contributed by atoms with Crippen molar-refractivity contribution < 1.29 is 9.59 Å². The Morgan fingerprint density at radius 3 is 2.24 bits per heavy atom. The van der Waals surface area contributed by atoms with Gasteiger partial charge >= 0.3 is 0 Å². The lowest BCUT2D eigenvalue weighted by molar-refractivity contribution is 0.0713. The number of carbonyl (C=O) groups is 2. The number of nitrogens with zero attached hydrogens (tertiary/aromatic N) is 5. The van der Waals surface area contributed by atoms with E-state index in [1.165, 1.54) is 0 Å². The van der Waals surface area contributed by atoms with Crippen LogP contribution in [0.1, 0.15) is 33.0 Å². The van der Waals surface area contributed by atoms with Gasteiger partial charge in [0.1, 0.15) is 5.69 Å². The standard InChI is InChI=1S/C17H22ClN5O2/c1-12-14(10-19-21(12)3)16(24)22-5-4-6-23(8-7-22)17(25)15-9-13(18)11-20(15)2/h9-11H,4-8H2,1-3H3. The number of hydrogen-bond acceptors (Lipinski definition) is 3. The Morgan fingerprint density at radius 2 is 1.72 bits per heavy atom. The second-order valence-corrected chi connectivity index (χ2v) is 6.80. The van der Waals surface area contributed by atoms with E-state index in [0.717, 1.165) is 12.1 Å². The third-order valence-electron chi connectivity index (χ3n) is 4.73. The van der Waals surface area contributed by atoms with Crippen LogP contribution in [0, 0.1) is 6.92 Å². The maximum atomic E-state index is 12.7. The average molecular weight is 364 g/mol. The van der Waals surface area contributed by atoms with Gasteiger partial charge in [0.25, 0.3) is 11.8 Å². The van der Waals surface area contributed by atoms with Gasteiger partial charge in [0.15, 0.2) is 0 Å². The second kappa shape index (κ2) is 6.92. The van der Waals surface area contributed by atoms with E-state index >= 15 is 0 Å². The van der Waals surface area contributed by atoms with E-state index in [1.54, 1.807) is 44.6 Å². The van der Waals surface area contributed by atoms with E-state index in [2.05, 4.69) is 5.10 Å². The maximum absolute atomic E-state index is 12.7. The highest BCUT2D eigenvalue weighted by atomic mass is 35.5. The van der Waals surface area contributed by atoms with E-state index < -0.39 is 0 Å². The van der Waals surface area contributed by atoms with Gasteiger partial charge in [-0.05, 0) is 19.4 Å². The third kappa shape index (κ3) is 3.42. The van der Waals surface area contributed by atoms with Gasteiger partial charge in [-0.25, -0.2) is 0 Å². The summed E-state index contributed by atoms with van der Waals surface area (Å²) in [4.78, 5) is 29.0. The molecule has 0 N–H and O–H groups in total. The van der Waals surface area contributed by atoms with E-state index in [4.69, 9.17) is 11.6 Å². The molecule has 1 saturated heterocycles. The molecule has 2 aromatic rings. The van der Waals surface area contributed by atoms with Gasteiger partial charge in [-0.3, -0.25) is 14.3 Å². The summed E-state index contributed by atoms with van der Waals surface area (Å²) in [6.07, 6.45) is 4.07. The van der Waals surface area contributed by atoms with Gasteiger partial charge in [0.2, 0.25) is 0 Å². The number of amides is 2. The molecule has 134 valence electrons. The fourth-order valence-corrected chi connectivity index (χ4v) is 3.35. The van der Waals surface area contributed by atoms with Crippen molar-refractivity contribution in [3.8, 4) is 0 Å². The second-order valence-electron chi connectivity index (χ2n) is 6.36. The largest absolute Gasteiger partial charge is 0.345 e. The van der Waals surface area contributed by atoms with E-state index in [1.807, 2.05) is 14.0 Å². The zero-order valence-electron chi connectivity index (χ0n) is 14.7. The zero-order valence-corrected chi connectivity index (χ0v) is 15.5. The van der Waals surface area contributed by atoms with Crippen LogP contribution >= 0.6 is 11.6 Å². The molecule has 1 aliphatic rings. The van der Waals surface area contributed by atoms with Gasteiger partial charge in [0, 0.05) is 52.2 Å². The van der Waals surface area contributed by atoms with E-state index in [-0.39, 0.29) is 11.8 Å². The number of hydrogen-bond donors (Lipinski definition) is 0. The minimum atomic E-state index is -0.0544. The van der Waals surface area contributed by atoms with Crippen molar-refractivity contribution in [3.05, 3.63) is 40.4 Å². The van der Waals surface area contributed by atoms with Crippen molar-refractivity contribution in [2.45, 2.75) is 13.3 Å². The summed E-state index contributed by atoms with van der Waals surface area (Å²) in [6, 6.07) is 1.68. The predicted octanol–water partition coefficient (Wildman–Crippen LogP) is 1.71. The van der Waals surface area contributed by atoms with Gasteiger partial charge < -0.3 is 14.4 Å². The van der Waals surface area contributed by atoms with Crippen LogP contribution in [0.3, 0.4) is 0 Å². The summed E-state index contributed by atoms with van der Waals surface area (Å²) in [6.45, 7) is 4.15. The molecule has 3 heterocycles. The number of aromatic nitrogens is 3. The highest BCUT2D eigenvalue weighted by molar-refractivity contribution is 6.31. The van der Waals surface area contributed by atoms with Gasteiger partial charge in [0.05, 0.1) is 16.8 Å². The molecule has 2 amide bonds. The summed E-state index contributed by atoms with van der Waals surface area (Å²) in [5, 5.41) is 4.69. The first kappa shape index (κ1) is 17.5. The smallest absolute Gasteiger partial charge is 0.270 e. The maximum Gasteiger partial charge on any atom is 0.270 e. The third-order valence-corrected chi connectivity index (χ3v) is 4.93. The molecule has 0 radical (unpaired) electrons. The highest BCUT2D eigenvalue weighted by Crippen LogP contribution is 2.17. The summed E-state index contributed by atoms with van der Waals surface area (Å²) in [5.41, 5.74) is 2.03. The normalized spacial score (nSPS) is 15.4. The van der Waals surface area contributed by atoms with Crippen molar-refractivity contribution in [1.29, 1.82) is 0 Å². The molecule has 1 fully saturated rings. The molecule has 0 saturated carbocycles. The Bertz CT molecular complexity index is 788. The Hall–Kier alpha value is -2.28. The number of carbonyl (C=O) groups excluding carboxylic acids is 2. The molecule has 2 aromatic heterocycles. The van der Waals surface area contributed by atoms with Gasteiger partial charge in [-0.15, -0.1) is 0 Å². The number of rotatable bonds is 2. The van der Waals surface area contributed by atoms with Crippen LogP contribution in [0.4, 0.5) is 0 Å². The zero-order chi connectivity index (χ0) is 18.1. The molecule has 1 aliphatic heterocycles. The van der Waals surface area contributed by atoms with Crippen LogP contribution in [0.5, 0.6) is 0 Å². The molecular weight excluding hydrogens is 342 g/mol. The number of halogens is 1. The lowest BCUT2D eigenvalue weighted by Crippen LogP contribution is -2.38. The lowest BCUT2D eigenvalue weighted by atomic mass is 10.2. The van der Waals surface area contributed by atoms with Crippen LogP contribution in [-0.2, 0) is 14.1 Å². The highest BCUT2D eigenvalue weighted by Gasteiger charge is 2.26. The van der Waals surface area contributed by atoms with Crippen LogP contribution in [0.25, 0.3) is 0 Å². The van der Waals surface area contributed by atoms with Gasteiger partial charge in [-0.1, -0.05) is 11.6 Å². The quantitative estimate of drug-likeness (QED) is 0.816. The summed E-state index contributed by atoms with van der Waals surface area (Å²) >= 11 is 5.98. The van der Waals surface area contributed by atoms with E-state index in [0.29, 0.717) is 42.5 Å². The Labute approximate surface area is 151 Å². The van der Waals surface area contributed by atoms with Crippen LogP contribution in [-0.4, -0.2) is 62.1 Å². The van der Waals surface area contributed by atoms with Crippen LogP contribution < -0.4 is 0 Å². The van der Waals surface area contributed by atoms with Crippen molar-refractivity contribution in [2.24, 2.45) is 14.1 Å². The minimum Gasteiger partial charge on any atom is -0.345 e. The molecule has 0 unspecified atom stereocenters. The average Bonchev–Trinajstić information content (AvgIpc) is 2.97. The Morgan fingerprint density at radius 1 is 1.08 bits per heavy atom. The number of aryl methyl sites for hydroxylation is 2. The van der Waals surface area contributed by atoms with Crippen molar-refractivity contribution in [3.63, 3.8) is 0 Å². The molecule has 0 aliphatic carbocycles. The van der Waals surface area contributed by atoms with E-state index in [9.17, 15) is 9.59 Å². The summed E-state index contributed by atoms with van der Waals surface area (Å²) in [5.74, 6) is -0.0805. The first-order valence-corrected chi connectivity index (χ1v) is 8.65. The van der Waals surface area contributed by atoms with Crippen molar-refractivity contribution in [1.82, 2.24) is 24.1 Å². The fraction of sp³-hybridized carbons (Fsp3) is 0.471. The SMILES string of the molecule is Cc1c(C(=O)N2CCCN(C(=O)c3cc(Cl)cn3C)CC2)cnn1C.